The summed E-state index contributed by atoms with van der Waals surface area (Å²) in [5, 5.41) is -1.27. The van der Waals surface area contributed by atoms with Gasteiger partial charge in [0.1, 0.15) is 0 Å². The maximum absolute atomic E-state index is 12.3. The Kier molecular flexibility index (Phi) is 6.36. The highest BCUT2D eigenvalue weighted by Gasteiger charge is 2.49. The topological polar surface area (TPSA) is 34.1 Å². The minimum atomic E-state index is -5.11. The van der Waals surface area contributed by atoms with E-state index in [1.54, 1.807) is 0 Å². The lowest BCUT2D eigenvalue weighted by molar-refractivity contribution is -0.0446. The summed E-state index contributed by atoms with van der Waals surface area (Å²) in [4.78, 5) is 0. The molecule has 0 N–H and O–H groups in total. The first-order chi connectivity index (χ1) is 7.27. The van der Waals surface area contributed by atoms with Crippen molar-refractivity contribution in [2.75, 3.05) is 0 Å². The van der Waals surface area contributed by atoms with E-state index < -0.39 is 20.6 Å². The number of rotatable bonds is 7. The third-order valence-corrected chi connectivity index (χ3v) is 4.69. The summed E-state index contributed by atoms with van der Waals surface area (Å²) in [6.07, 6.45) is 3.37. The fraction of sp³-hybridized carbons (Fsp3) is 1.00. The number of hydrogen-bond acceptors (Lipinski definition) is 2. The number of unbranched alkanes of at least 4 members (excludes halogenated alkanes) is 3. The molecule has 0 aliphatic rings. The SMILES string of the molecule is CCCCCCC(CC)S(=O)(=O)C(F)(F)F. The molecule has 0 aliphatic heterocycles. The van der Waals surface area contributed by atoms with Gasteiger partial charge in [-0.3, -0.25) is 0 Å². The molecular weight excluding hydrogens is 241 g/mol. The normalized spacial score (nSPS) is 15.1. The predicted octanol–water partition coefficient (Wildman–Crippen LogP) is 3.67. The van der Waals surface area contributed by atoms with E-state index in [1.807, 2.05) is 6.92 Å². The summed E-state index contributed by atoms with van der Waals surface area (Å²) >= 11 is 0. The van der Waals surface area contributed by atoms with Crippen molar-refractivity contribution >= 4 is 9.84 Å². The minimum Gasteiger partial charge on any atom is -0.219 e. The molecule has 0 rings (SSSR count). The van der Waals surface area contributed by atoms with Crippen molar-refractivity contribution in [1.82, 2.24) is 0 Å². The van der Waals surface area contributed by atoms with Crippen molar-refractivity contribution in [3.63, 3.8) is 0 Å². The zero-order valence-electron chi connectivity index (χ0n) is 9.68. The van der Waals surface area contributed by atoms with Crippen molar-refractivity contribution in [2.45, 2.75) is 63.1 Å². The van der Waals surface area contributed by atoms with Gasteiger partial charge in [-0.1, -0.05) is 39.5 Å². The Morgan fingerprint density at radius 3 is 2.00 bits per heavy atom. The van der Waals surface area contributed by atoms with E-state index in [-0.39, 0.29) is 12.8 Å². The Morgan fingerprint density at radius 1 is 1.06 bits per heavy atom. The largest absolute Gasteiger partial charge is 0.497 e. The quantitative estimate of drug-likeness (QED) is 0.654. The van der Waals surface area contributed by atoms with Crippen LogP contribution in [0.5, 0.6) is 0 Å². The maximum atomic E-state index is 12.3. The molecule has 98 valence electrons. The van der Waals surface area contributed by atoms with E-state index in [0.717, 1.165) is 19.3 Å². The van der Waals surface area contributed by atoms with Crippen molar-refractivity contribution < 1.29 is 21.6 Å². The molecule has 0 aromatic carbocycles. The Morgan fingerprint density at radius 2 is 1.62 bits per heavy atom. The lowest BCUT2D eigenvalue weighted by atomic mass is 10.1. The predicted molar refractivity (Wildman–Crippen MR) is 57.8 cm³/mol. The van der Waals surface area contributed by atoms with Gasteiger partial charge in [-0.05, 0) is 12.8 Å². The maximum Gasteiger partial charge on any atom is 0.497 e. The average Bonchev–Trinajstić information content (AvgIpc) is 2.16. The van der Waals surface area contributed by atoms with Gasteiger partial charge in [0, 0.05) is 0 Å². The highest BCUT2D eigenvalue weighted by atomic mass is 32.2. The molecule has 0 saturated heterocycles. The molecule has 6 heteroatoms. The van der Waals surface area contributed by atoms with Gasteiger partial charge in [0.05, 0.1) is 5.25 Å². The number of hydrogen-bond donors (Lipinski definition) is 0. The van der Waals surface area contributed by atoms with Crippen molar-refractivity contribution in [3.05, 3.63) is 0 Å². The van der Waals surface area contributed by atoms with E-state index in [2.05, 4.69) is 0 Å². The molecule has 0 bridgehead atoms. The van der Waals surface area contributed by atoms with Crippen molar-refractivity contribution in [2.24, 2.45) is 0 Å². The van der Waals surface area contributed by atoms with E-state index >= 15 is 0 Å². The number of halogens is 3. The molecule has 1 atom stereocenters. The number of alkyl halides is 3. The minimum absolute atomic E-state index is 0.0218. The second-order valence-electron chi connectivity index (χ2n) is 3.87. The average molecular weight is 260 g/mol. The summed E-state index contributed by atoms with van der Waals surface area (Å²) in [6, 6.07) is 0. The fourth-order valence-electron chi connectivity index (χ4n) is 1.57. The van der Waals surface area contributed by atoms with Gasteiger partial charge in [-0.25, -0.2) is 8.42 Å². The van der Waals surface area contributed by atoms with Crippen molar-refractivity contribution in [3.8, 4) is 0 Å². The molecule has 0 aromatic heterocycles. The summed E-state index contributed by atoms with van der Waals surface area (Å²) in [5.74, 6) is 0. The van der Waals surface area contributed by atoms with Crippen LogP contribution in [0.4, 0.5) is 13.2 Å². The standard InChI is InChI=1S/C10H19F3O2S/c1-3-5-6-7-8-9(4-2)16(14,15)10(11,12)13/h9H,3-8H2,1-2H3. The molecule has 16 heavy (non-hydrogen) atoms. The van der Waals surface area contributed by atoms with Crippen LogP contribution < -0.4 is 0 Å². The van der Waals surface area contributed by atoms with Gasteiger partial charge in [0.25, 0.3) is 9.84 Å². The summed E-state index contributed by atoms with van der Waals surface area (Å²) in [5.41, 5.74) is -5.11. The zero-order valence-corrected chi connectivity index (χ0v) is 10.5. The van der Waals surface area contributed by atoms with Crippen LogP contribution in [-0.4, -0.2) is 19.2 Å². The second kappa shape index (κ2) is 6.47. The van der Waals surface area contributed by atoms with Gasteiger partial charge in [0.2, 0.25) is 0 Å². The van der Waals surface area contributed by atoms with Crippen LogP contribution in [0.2, 0.25) is 0 Å². The van der Waals surface area contributed by atoms with Crippen LogP contribution in [-0.2, 0) is 9.84 Å². The van der Waals surface area contributed by atoms with E-state index in [1.165, 1.54) is 6.92 Å². The highest BCUT2D eigenvalue weighted by Crippen LogP contribution is 2.30. The third kappa shape index (κ3) is 4.31. The molecule has 2 nitrogen and oxygen atoms in total. The van der Waals surface area contributed by atoms with Gasteiger partial charge in [-0.2, -0.15) is 13.2 Å². The van der Waals surface area contributed by atoms with Gasteiger partial charge < -0.3 is 0 Å². The molecule has 0 heterocycles. The van der Waals surface area contributed by atoms with Crippen LogP contribution in [0.1, 0.15) is 52.4 Å². The first kappa shape index (κ1) is 15.7. The summed E-state index contributed by atoms with van der Waals surface area (Å²) < 4.78 is 59.0. The molecular formula is C10H19F3O2S. The first-order valence-electron chi connectivity index (χ1n) is 5.57. The molecule has 0 spiro atoms. The Hall–Kier alpha value is -0.260. The Bertz CT molecular complexity index is 283. The molecule has 0 amide bonds. The fourth-order valence-corrected chi connectivity index (χ4v) is 2.86. The second-order valence-corrected chi connectivity index (χ2v) is 6.09. The summed E-state index contributed by atoms with van der Waals surface area (Å²) in [7, 11) is -4.98. The smallest absolute Gasteiger partial charge is 0.219 e. The highest BCUT2D eigenvalue weighted by molar-refractivity contribution is 7.92. The molecule has 0 aromatic rings. The lowest BCUT2D eigenvalue weighted by Crippen LogP contribution is -2.33. The van der Waals surface area contributed by atoms with Crippen LogP contribution in [0.25, 0.3) is 0 Å². The molecule has 0 aliphatic carbocycles. The molecule has 0 radical (unpaired) electrons. The third-order valence-electron chi connectivity index (χ3n) is 2.60. The van der Waals surface area contributed by atoms with E-state index in [0.29, 0.717) is 6.42 Å². The Balaban J connectivity index is 4.39. The van der Waals surface area contributed by atoms with Crippen LogP contribution >= 0.6 is 0 Å². The van der Waals surface area contributed by atoms with Gasteiger partial charge in [-0.15, -0.1) is 0 Å². The Labute approximate surface area is 95.1 Å². The van der Waals surface area contributed by atoms with Gasteiger partial charge in [0.15, 0.2) is 0 Å². The van der Waals surface area contributed by atoms with Crippen LogP contribution in [0.3, 0.4) is 0 Å². The molecule has 0 fully saturated rings. The lowest BCUT2D eigenvalue weighted by Gasteiger charge is -2.17. The van der Waals surface area contributed by atoms with Gasteiger partial charge >= 0.3 is 5.51 Å². The van der Waals surface area contributed by atoms with Crippen LogP contribution in [0, 0.1) is 0 Å². The summed E-state index contributed by atoms with van der Waals surface area (Å²) in [6.45, 7) is 3.47. The molecule has 1 unspecified atom stereocenters. The van der Waals surface area contributed by atoms with E-state index in [4.69, 9.17) is 0 Å². The zero-order chi connectivity index (χ0) is 12.8. The molecule has 0 saturated carbocycles. The monoisotopic (exact) mass is 260 g/mol. The van der Waals surface area contributed by atoms with E-state index in [9.17, 15) is 21.6 Å². The van der Waals surface area contributed by atoms with Crippen molar-refractivity contribution in [1.29, 1.82) is 0 Å². The number of sulfone groups is 1. The first-order valence-corrected chi connectivity index (χ1v) is 7.12. The van der Waals surface area contributed by atoms with Crippen LogP contribution in [0.15, 0.2) is 0 Å².